The van der Waals surface area contributed by atoms with E-state index in [1.54, 1.807) is 56.7 Å². The summed E-state index contributed by atoms with van der Waals surface area (Å²) in [7, 11) is -0.256. The van der Waals surface area contributed by atoms with Gasteiger partial charge in [0.15, 0.2) is 27.3 Å². The van der Waals surface area contributed by atoms with Crippen LogP contribution in [0.25, 0.3) is 0 Å². The first-order valence-corrected chi connectivity index (χ1v) is 11.2. The maximum absolute atomic E-state index is 12.7. The molecule has 0 saturated carbocycles. The Hall–Kier alpha value is -2.74. The number of guanidine groups is 1. The molecule has 2 aromatic rings. The minimum absolute atomic E-state index is 0.0239. The molecule has 7 nitrogen and oxygen atoms in total. The van der Waals surface area contributed by atoms with Gasteiger partial charge in [-0.2, -0.15) is 0 Å². The Labute approximate surface area is 173 Å². The highest BCUT2D eigenvalue weighted by Gasteiger charge is 2.21. The van der Waals surface area contributed by atoms with E-state index in [0.29, 0.717) is 35.3 Å². The molecule has 2 rings (SSSR count). The molecule has 0 saturated heterocycles. The van der Waals surface area contributed by atoms with Gasteiger partial charge in [0.1, 0.15) is 0 Å². The van der Waals surface area contributed by atoms with E-state index in [0.717, 1.165) is 5.69 Å². The van der Waals surface area contributed by atoms with Crippen LogP contribution in [-0.2, 0) is 9.84 Å². The van der Waals surface area contributed by atoms with Gasteiger partial charge in [-0.3, -0.25) is 4.99 Å². The predicted molar refractivity (Wildman–Crippen MR) is 117 cm³/mol. The highest BCUT2D eigenvalue weighted by atomic mass is 32.2. The highest BCUT2D eigenvalue weighted by Crippen LogP contribution is 2.29. The van der Waals surface area contributed by atoms with E-state index in [1.165, 1.54) is 0 Å². The van der Waals surface area contributed by atoms with Gasteiger partial charge in [-0.05, 0) is 37.6 Å². The third-order valence-electron chi connectivity index (χ3n) is 4.32. The predicted octanol–water partition coefficient (Wildman–Crippen LogP) is 3.33. The van der Waals surface area contributed by atoms with Crippen LogP contribution in [0.2, 0.25) is 0 Å². The third kappa shape index (κ3) is 6.39. The van der Waals surface area contributed by atoms with Gasteiger partial charge >= 0.3 is 0 Å². The molecule has 2 aromatic carbocycles. The molecule has 0 fully saturated rings. The Morgan fingerprint density at radius 2 is 1.72 bits per heavy atom. The Kier molecular flexibility index (Phi) is 8.33. The molecule has 0 spiro atoms. The molecule has 0 bridgehead atoms. The molecule has 0 aliphatic rings. The zero-order chi connectivity index (χ0) is 21.3. The van der Waals surface area contributed by atoms with Gasteiger partial charge in [0, 0.05) is 24.3 Å². The number of ether oxygens (including phenoxy) is 2. The lowest BCUT2D eigenvalue weighted by molar-refractivity contribution is 0.355. The van der Waals surface area contributed by atoms with Crippen molar-refractivity contribution < 1.29 is 17.9 Å². The number of nitrogens with one attached hydrogen (secondary N) is 2. The van der Waals surface area contributed by atoms with E-state index in [2.05, 4.69) is 15.6 Å². The molecule has 2 N–H and O–H groups in total. The van der Waals surface area contributed by atoms with Gasteiger partial charge in [-0.25, -0.2) is 8.42 Å². The quantitative estimate of drug-likeness (QED) is 0.479. The number of methoxy groups -OCH3 is 2. The summed E-state index contributed by atoms with van der Waals surface area (Å²) in [6.45, 7) is 4.41. The van der Waals surface area contributed by atoms with Crippen molar-refractivity contribution in [2.75, 3.05) is 31.8 Å². The summed E-state index contributed by atoms with van der Waals surface area (Å²) in [5.74, 6) is 1.70. The number of hydrogen-bond donors (Lipinski definition) is 2. The third-order valence-corrected chi connectivity index (χ3v) is 6.15. The topological polar surface area (TPSA) is 89.0 Å². The second-order valence-corrected chi connectivity index (χ2v) is 8.40. The molecule has 158 valence electrons. The number of benzene rings is 2. The summed E-state index contributed by atoms with van der Waals surface area (Å²) in [6.07, 6.45) is 0.627. The van der Waals surface area contributed by atoms with Crippen molar-refractivity contribution in [2.24, 2.45) is 4.99 Å². The lowest BCUT2D eigenvalue weighted by Crippen LogP contribution is -2.42. The monoisotopic (exact) mass is 419 g/mol. The molecule has 0 amide bonds. The molecule has 0 heterocycles. The van der Waals surface area contributed by atoms with Crippen molar-refractivity contribution in [3.8, 4) is 11.5 Å². The van der Waals surface area contributed by atoms with Crippen molar-refractivity contribution in [1.29, 1.82) is 0 Å². The lowest BCUT2D eigenvalue weighted by Gasteiger charge is -2.21. The van der Waals surface area contributed by atoms with Gasteiger partial charge in [0.05, 0.1) is 24.9 Å². The second kappa shape index (κ2) is 10.7. The molecular weight excluding hydrogens is 390 g/mol. The van der Waals surface area contributed by atoms with Crippen LogP contribution in [0.3, 0.4) is 0 Å². The molecule has 1 atom stereocenters. The Bertz CT molecular complexity index is 915. The molecule has 0 aliphatic heterocycles. The van der Waals surface area contributed by atoms with Crippen LogP contribution in [0, 0.1) is 0 Å². The van der Waals surface area contributed by atoms with Crippen molar-refractivity contribution in [1.82, 2.24) is 5.32 Å². The van der Waals surface area contributed by atoms with Gasteiger partial charge in [-0.1, -0.05) is 25.1 Å². The number of hydrogen-bond acceptors (Lipinski definition) is 5. The Morgan fingerprint density at radius 1 is 1.03 bits per heavy atom. The van der Waals surface area contributed by atoms with Crippen LogP contribution in [0.1, 0.15) is 20.3 Å². The summed E-state index contributed by atoms with van der Waals surface area (Å²) in [4.78, 5) is 4.76. The zero-order valence-electron chi connectivity index (χ0n) is 17.3. The van der Waals surface area contributed by atoms with E-state index in [9.17, 15) is 8.42 Å². The molecule has 1 unspecified atom stereocenters. The summed E-state index contributed by atoms with van der Waals surface area (Å²) < 4.78 is 36.0. The summed E-state index contributed by atoms with van der Waals surface area (Å²) in [6, 6.07) is 13.6. The van der Waals surface area contributed by atoms with Gasteiger partial charge in [0.25, 0.3) is 0 Å². The normalized spacial score (nSPS) is 12.9. The maximum atomic E-state index is 12.7. The fourth-order valence-corrected chi connectivity index (χ4v) is 4.39. The molecule has 0 aromatic heterocycles. The first kappa shape index (κ1) is 22.5. The van der Waals surface area contributed by atoms with Crippen molar-refractivity contribution in [3.05, 3.63) is 48.5 Å². The van der Waals surface area contributed by atoms with Crippen LogP contribution < -0.4 is 20.1 Å². The molecule has 0 aliphatic carbocycles. The van der Waals surface area contributed by atoms with Gasteiger partial charge < -0.3 is 20.1 Å². The minimum atomic E-state index is -3.41. The Morgan fingerprint density at radius 3 is 2.31 bits per heavy atom. The van der Waals surface area contributed by atoms with Crippen LogP contribution in [0.15, 0.2) is 58.4 Å². The zero-order valence-corrected chi connectivity index (χ0v) is 18.1. The fraction of sp³-hybridized carbons (Fsp3) is 0.381. The summed E-state index contributed by atoms with van der Waals surface area (Å²) in [5, 5.41) is 6.44. The molecule has 8 heteroatoms. The second-order valence-electron chi connectivity index (χ2n) is 6.36. The number of anilines is 1. The smallest absolute Gasteiger partial charge is 0.196 e. The number of nitrogens with zero attached hydrogens (tertiary/aromatic N) is 1. The maximum Gasteiger partial charge on any atom is 0.196 e. The van der Waals surface area contributed by atoms with Crippen molar-refractivity contribution in [3.63, 3.8) is 0 Å². The van der Waals surface area contributed by atoms with Crippen molar-refractivity contribution >= 4 is 21.5 Å². The number of sulfone groups is 1. The van der Waals surface area contributed by atoms with E-state index >= 15 is 0 Å². The van der Waals surface area contributed by atoms with Gasteiger partial charge in [-0.15, -0.1) is 0 Å². The lowest BCUT2D eigenvalue weighted by atomic mass is 10.2. The standard InChI is InChI=1S/C21H29N3O4S/c1-5-16(15-29(25,26)18-10-8-7-9-11-18)23-21(22-6-2)24-17-12-13-19(27-3)20(14-17)28-4/h7-14,16H,5-6,15H2,1-4H3,(H2,22,23,24). The summed E-state index contributed by atoms with van der Waals surface area (Å²) in [5.41, 5.74) is 0.753. The first-order chi connectivity index (χ1) is 13.9. The minimum Gasteiger partial charge on any atom is -0.493 e. The van der Waals surface area contributed by atoms with E-state index in [1.807, 2.05) is 19.9 Å². The first-order valence-electron chi connectivity index (χ1n) is 9.51. The highest BCUT2D eigenvalue weighted by molar-refractivity contribution is 7.91. The van der Waals surface area contributed by atoms with E-state index in [4.69, 9.17) is 9.47 Å². The molecule has 29 heavy (non-hydrogen) atoms. The van der Waals surface area contributed by atoms with Crippen molar-refractivity contribution in [2.45, 2.75) is 31.2 Å². The number of aliphatic imine (C=N–C) groups is 1. The fourth-order valence-electron chi connectivity index (χ4n) is 2.77. The van der Waals surface area contributed by atoms with Crippen LogP contribution >= 0.6 is 0 Å². The molecular formula is C21H29N3O4S. The number of rotatable bonds is 9. The Balaban J connectivity index is 2.15. The van der Waals surface area contributed by atoms with Crippen LogP contribution in [-0.4, -0.2) is 46.9 Å². The summed E-state index contributed by atoms with van der Waals surface area (Å²) >= 11 is 0. The van der Waals surface area contributed by atoms with Crippen LogP contribution in [0.4, 0.5) is 5.69 Å². The largest absolute Gasteiger partial charge is 0.493 e. The van der Waals surface area contributed by atoms with E-state index < -0.39 is 9.84 Å². The molecule has 0 radical (unpaired) electrons. The average Bonchev–Trinajstić information content (AvgIpc) is 2.73. The van der Waals surface area contributed by atoms with Gasteiger partial charge in [0.2, 0.25) is 0 Å². The SMILES string of the molecule is CCN=C(Nc1ccc(OC)c(OC)c1)NC(CC)CS(=O)(=O)c1ccccc1. The average molecular weight is 420 g/mol. The van der Waals surface area contributed by atoms with Crippen LogP contribution in [0.5, 0.6) is 11.5 Å². The van der Waals surface area contributed by atoms with E-state index in [-0.39, 0.29) is 11.8 Å².